The molecule has 0 fully saturated rings. The zero-order chi connectivity index (χ0) is 39.0. The first kappa shape index (κ1) is 50.3. The van der Waals surface area contributed by atoms with Crippen LogP contribution in [0.3, 0.4) is 0 Å². The summed E-state index contributed by atoms with van der Waals surface area (Å²) in [5, 5.41) is 8.88. The first-order chi connectivity index (χ1) is 25.5. The van der Waals surface area contributed by atoms with Gasteiger partial charge in [-0.2, -0.15) is 0 Å². The lowest BCUT2D eigenvalue weighted by Gasteiger charge is -2.07. The number of carbonyl (C=O) groups is 1. The van der Waals surface area contributed by atoms with Crippen LogP contribution in [0, 0.1) is 146 Å². The fourth-order valence-electron chi connectivity index (χ4n) is 4.28. The van der Waals surface area contributed by atoms with Crippen molar-refractivity contribution in [1.29, 1.82) is 0 Å². The van der Waals surface area contributed by atoms with E-state index in [1.165, 1.54) is 103 Å². The number of rotatable bonds is 19. The molecule has 0 saturated heterocycles. The van der Waals surface area contributed by atoms with Crippen molar-refractivity contribution in [3.63, 3.8) is 0 Å². The van der Waals surface area contributed by atoms with E-state index in [1.807, 2.05) is 6.08 Å². The molecule has 0 aliphatic carbocycles. The zero-order valence-electron chi connectivity index (χ0n) is 31.8. The average molecular weight is 733 g/mol. The van der Waals surface area contributed by atoms with Gasteiger partial charge in [0.15, 0.2) is 0 Å². The van der Waals surface area contributed by atoms with E-state index in [9.17, 15) is 4.79 Å². The monoisotopic (exact) mass is 733 g/mol. The summed E-state index contributed by atoms with van der Waals surface area (Å²) in [7, 11) is 0. The van der Waals surface area contributed by atoms with Gasteiger partial charge in [-0.1, -0.05) is 134 Å². The molecule has 0 aliphatic rings. The van der Waals surface area contributed by atoms with Gasteiger partial charge in [0, 0.05) is 67.7 Å². The lowest BCUT2D eigenvalue weighted by atomic mass is 9.99. The van der Waals surface area contributed by atoms with Crippen molar-refractivity contribution in [3.8, 4) is 130 Å². The summed E-state index contributed by atoms with van der Waals surface area (Å²) in [6.07, 6.45) is 25.3. The first-order valence-corrected chi connectivity index (χ1v) is 17.9. The van der Waals surface area contributed by atoms with Gasteiger partial charge < -0.3 is 5.11 Å². The Labute approximate surface area is 346 Å². The summed E-state index contributed by atoms with van der Waals surface area (Å²) in [5.41, 5.74) is 0.481. The second-order valence-electron chi connectivity index (χ2n) is 11.2. The van der Waals surface area contributed by atoms with E-state index in [2.05, 4.69) is 144 Å². The number of allylic oxidation sites excluding steroid dienone is 1. The highest BCUT2D eigenvalue weighted by Crippen LogP contribution is 2.16. The Hall–Kier alpha value is -6.03. The third-order valence-electron chi connectivity index (χ3n) is 6.82. The molecule has 0 heterocycles. The Morgan fingerprint density at radius 3 is 0.942 bits per heavy atom. The molecule has 0 bridgehead atoms. The van der Waals surface area contributed by atoms with Gasteiger partial charge in [-0.15, -0.1) is 0 Å². The minimum absolute atomic E-state index is 0. The van der Waals surface area contributed by atoms with Crippen molar-refractivity contribution in [1.82, 2.24) is 0 Å². The SMILES string of the molecule is CC#CC#CC#CC#CC#CC#CC#CC#CC#CC#CC#CC.CCCCCCCCCCCCCCCCCC[C@@H](C)/C=C(\C)C(=O)O.O=O.[HH].[HH].[HH].[HH].[HH].[HH].[HH].[HH].[HH].[HH].[HH].[HH].[HH].[HH].[HH].[HH].[HH].[HH].[HH].[HH]. The van der Waals surface area contributed by atoms with Gasteiger partial charge in [0.25, 0.3) is 0 Å². The van der Waals surface area contributed by atoms with Crippen LogP contribution in [0.2, 0.25) is 0 Å². The molecule has 4 heteroatoms. The van der Waals surface area contributed by atoms with Crippen molar-refractivity contribution in [2.45, 2.75) is 144 Å². The van der Waals surface area contributed by atoms with E-state index >= 15 is 0 Å². The Bertz CT molecular complexity index is 1710. The van der Waals surface area contributed by atoms with Crippen LogP contribution < -0.4 is 0 Å². The second-order valence-corrected chi connectivity index (χ2v) is 11.2. The highest BCUT2D eigenvalue weighted by molar-refractivity contribution is 5.85. The smallest absolute Gasteiger partial charge is 0.330 e. The highest BCUT2D eigenvalue weighted by Gasteiger charge is 2.04. The van der Waals surface area contributed by atoms with Gasteiger partial charge >= 0.3 is 5.97 Å². The maximum atomic E-state index is 10.8. The summed E-state index contributed by atoms with van der Waals surface area (Å²) < 4.78 is 0. The fourth-order valence-corrected chi connectivity index (χ4v) is 4.28. The largest absolute Gasteiger partial charge is 0.478 e. The van der Waals surface area contributed by atoms with E-state index in [4.69, 9.17) is 15.0 Å². The second kappa shape index (κ2) is 47.1. The minimum Gasteiger partial charge on any atom is -0.478 e. The van der Waals surface area contributed by atoms with Crippen LogP contribution in [0.5, 0.6) is 0 Å². The summed E-state index contributed by atoms with van der Waals surface area (Å²) in [5.74, 6) is 55.2. The molecule has 0 unspecified atom stereocenters. The topological polar surface area (TPSA) is 71.4 Å². The number of hydrogen-bond acceptors (Lipinski definition) is 3. The van der Waals surface area contributed by atoms with Gasteiger partial charge in [-0.05, 0) is 128 Å². The molecule has 308 valence electrons. The number of carboxylic acid groups (broad SMARTS) is 1. The van der Waals surface area contributed by atoms with Crippen LogP contribution >= 0.6 is 0 Å². The Morgan fingerprint density at radius 2 is 0.712 bits per heavy atom. The molecule has 1 atom stereocenters. The van der Waals surface area contributed by atoms with E-state index in [0.717, 1.165) is 6.42 Å². The van der Waals surface area contributed by atoms with Crippen LogP contribution in [0.4, 0.5) is 0 Å². The van der Waals surface area contributed by atoms with Gasteiger partial charge in [-0.25, -0.2) is 4.79 Å². The van der Waals surface area contributed by atoms with E-state index in [0.29, 0.717) is 11.5 Å². The number of hydrogen-bond donors (Lipinski definition) is 1. The first-order valence-electron chi connectivity index (χ1n) is 17.9. The normalized spacial score (nSPS) is 8.44. The number of unbranched alkanes of at least 4 members (excludes halogenated alkanes) is 15. The highest BCUT2D eigenvalue weighted by atomic mass is 16.7. The van der Waals surface area contributed by atoms with Crippen molar-refractivity contribution in [3.05, 3.63) is 21.6 Å². The molecule has 0 aromatic heterocycles. The molecular weight excluding hydrogens is 641 g/mol. The molecule has 0 rings (SSSR count). The molecule has 0 saturated carbocycles. The molecule has 0 radical (unpaired) electrons. The Morgan fingerprint density at radius 1 is 0.481 bits per heavy atom. The number of carboxylic acids is 1. The summed E-state index contributed by atoms with van der Waals surface area (Å²) >= 11 is 0. The molecule has 1 N–H and O–H groups in total. The van der Waals surface area contributed by atoms with Crippen LogP contribution in [-0.4, -0.2) is 11.1 Å². The third-order valence-corrected chi connectivity index (χ3v) is 6.82. The molecule has 0 aromatic carbocycles. The van der Waals surface area contributed by atoms with Gasteiger partial charge in [0.2, 0.25) is 0 Å². The fraction of sp³-hybridized carbons (Fsp3) is 0.479. The number of aliphatic carboxylic acids is 1. The van der Waals surface area contributed by atoms with E-state index in [1.54, 1.807) is 20.8 Å². The third kappa shape index (κ3) is 48.4. The molecule has 52 heavy (non-hydrogen) atoms. The predicted molar refractivity (Wildman–Crippen MR) is 261 cm³/mol. The quantitative estimate of drug-likeness (QED) is 0.0815. The lowest BCUT2D eigenvalue weighted by Crippen LogP contribution is -1.99. The van der Waals surface area contributed by atoms with Crippen molar-refractivity contribution < 1.29 is 38.4 Å². The van der Waals surface area contributed by atoms with E-state index < -0.39 is 5.97 Å². The minimum atomic E-state index is -0.788. The molecule has 0 amide bonds. The summed E-state index contributed by atoms with van der Waals surface area (Å²) in [4.78, 5) is 24.8. The molecule has 0 aliphatic heterocycles. The summed E-state index contributed by atoms with van der Waals surface area (Å²) in [6.45, 7) is 9.49. The Balaban J connectivity index is -0.0000000242. The average Bonchev–Trinajstić information content (AvgIpc) is 3.15. The molecule has 4 nitrogen and oxygen atoms in total. The van der Waals surface area contributed by atoms with Crippen LogP contribution in [0.15, 0.2) is 11.6 Å². The van der Waals surface area contributed by atoms with Crippen LogP contribution in [-0.2, 0) is 4.79 Å². The molecule has 0 spiro atoms. The van der Waals surface area contributed by atoms with Gasteiger partial charge in [0.1, 0.15) is 0 Å². The summed E-state index contributed by atoms with van der Waals surface area (Å²) in [6, 6.07) is 0. The zero-order valence-corrected chi connectivity index (χ0v) is 31.8. The van der Waals surface area contributed by atoms with Crippen LogP contribution in [0.25, 0.3) is 0 Å². The maximum absolute atomic E-state index is 10.8. The van der Waals surface area contributed by atoms with Gasteiger partial charge in [0.05, 0.1) is 0 Å². The Kier molecular flexibility index (Phi) is 45.6. The standard InChI is InChI=1S/C24H46O2.C24H6.O2.20H2/c1-4-5-6-7-8-9-10-11-12-13-14-15-16-17-18-19-20-22(2)21-23(3)24(25)26;1-3-5-7-9-11-13-15-17-19-21-23-24-22-20-18-16-14-12-10-8-6-4-2;1-2;;;;;;;;;;;;;;;;;;;;/h21-22H,4-20H2,1-3H3,(H,25,26);1-2H3;;20*1H/b23-21+;;;;;;;;;;;;;;;;;;;;;;/t22-;;;;;;;;;;;;;;;;;;;;;;/m1....................../s1. The molecule has 0 aromatic rings. The lowest BCUT2D eigenvalue weighted by molar-refractivity contribution is -0.132. The molecular formula is C48H92O4. The van der Waals surface area contributed by atoms with Gasteiger partial charge in [-0.3, -0.25) is 0 Å². The predicted octanol–water partition coefficient (Wildman–Crippen LogP) is 14.4. The van der Waals surface area contributed by atoms with Crippen LogP contribution in [0.1, 0.15) is 172 Å². The van der Waals surface area contributed by atoms with E-state index in [-0.39, 0.29) is 28.5 Å². The van der Waals surface area contributed by atoms with Crippen molar-refractivity contribution >= 4 is 5.97 Å². The van der Waals surface area contributed by atoms with Crippen molar-refractivity contribution in [2.24, 2.45) is 5.92 Å². The maximum Gasteiger partial charge on any atom is 0.330 e. The van der Waals surface area contributed by atoms with Crippen molar-refractivity contribution in [2.75, 3.05) is 0 Å².